The SMILES string of the molecule is N#CSCc1cc(O)n(-c2cc(Cl)c(Cl)cc2Cl)c1O. The predicted octanol–water partition coefficient (Wildman–Crippen LogP) is 4.56. The fourth-order valence-electron chi connectivity index (χ4n) is 1.67. The van der Waals surface area contributed by atoms with E-state index in [4.69, 9.17) is 40.1 Å². The molecule has 0 saturated heterocycles. The standard InChI is InChI=1S/C12H7Cl3N2O2S/c13-7-2-9(15)10(3-8(7)14)17-11(18)1-6(12(17)19)4-20-5-16/h1-3,18-19H,4H2. The summed E-state index contributed by atoms with van der Waals surface area (Å²) in [6.07, 6.45) is 0. The zero-order valence-electron chi connectivity index (χ0n) is 9.77. The maximum absolute atomic E-state index is 10.1. The molecule has 2 rings (SSSR count). The van der Waals surface area contributed by atoms with Crippen molar-refractivity contribution in [2.45, 2.75) is 5.75 Å². The molecular weight excluding hydrogens is 343 g/mol. The summed E-state index contributed by atoms with van der Waals surface area (Å²) < 4.78 is 1.14. The highest BCUT2D eigenvalue weighted by atomic mass is 35.5. The summed E-state index contributed by atoms with van der Waals surface area (Å²) in [7, 11) is 0. The molecule has 0 atom stereocenters. The molecule has 0 spiro atoms. The number of halogens is 3. The number of thioether (sulfide) groups is 1. The summed E-state index contributed by atoms with van der Waals surface area (Å²) in [6.45, 7) is 0. The lowest BCUT2D eigenvalue weighted by Crippen LogP contribution is -1.95. The van der Waals surface area contributed by atoms with E-state index in [1.165, 1.54) is 18.2 Å². The van der Waals surface area contributed by atoms with Crippen molar-refractivity contribution in [2.75, 3.05) is 0 Å². The maximum atomic E-state index is 10.1. The fourth-order valence-corrected chi connectivity index (χ4v) is 2.73. The number of nitriles is 1. The van der Waals surface area contributed by atoms with Crippen LogP contribution in [0.1, 0.15) is 5.56 Å². The molecule has 2 aromatic rings. The van der Waals surface area contributed by atoms with Crippen LogP contribution in [0, 0.1) is 10.7 Å². The van der Waals surface area contributed by atoms with E-state index in [1.54, 1.807) is 0 Å². The van der Waals surface area contributed by atoms with Gasteiger partial charge in [0, 0.05) is 17.4 Å². The lowest BCUT2D eigenvalue weighted by Gasteiger charge is -2.10. The molecule has 0 aliphatic rings. The second kappa shape index (κ2) is 6.06. The number of rotatable bonds is 3. The lowest BCUT2D eigenvalue weighted by atomic mass is 10.3. The average Bonchev–Trinajstić information content (AvgIpc) is 2.67. The molecule has 0 aliphatic heterocycles. The van der Waals surface area contributed by atoms with Gasteiger partial charge in [-0.3, -0.25) is 0 Å². The largest absolute Gasteiger partial charge is 0.494 e. The minimum atomic E-state index is -0.212. The van der Waals surface area contributed by atoms with E-state index in [0.29, 0.717) is 11.3 Å². The Morgan fingerprint density at radius 3 is 2.40 bits per heavy atom. The molecule has 0 fully saturated rings. The van der Waals surface area contributed by atoms with Gasteiger partial charge in [-0.25, -0.2) is 4.57 Å². The topological polar surface area (TPSA) is 69.2 Å². The molecule has 0 saturated carbocycles. The van der Waals surface area contributed by atoms with Crippen LogP contribution in [0.15, 0.2) is 18.2 Å². The number of thiocyanates is 1. The summed E-state index contributed by atoms with van der Waals surface area (Å²) >= 11 is 18.7. The molecule has 0 amide bonds. The van der Waals surface area contributed by atoms with Crippen molar-refractivity contribution in [2.24, 2.45) is 0 Å². The summed E-state index contributed by atoms with van der Waals surface area (Å²) in [5.74, 6) is -0.177. The Kier molecular flexibility index (Phi) is 4.61. The normalized spacial score (nSPS) is 10.5. The van der Waals surface area contributed by atoms with Crippen LogP contribution in [0.2, 0.25) is 15.1 Å². The van der Waals surface area contributed by atoms with E-state index in [2.05, 4.69) is 0 Å². The van der Waals surface area contributed by atoms with Crippen molar-refractivity contribution in [3.63, 3.8) is 0 Å². The van der Waals surface area contributed by atoms with E-state index in [9.17, 15) is 10.2 Å². The lowest BCUT2D eigenvalue weighted by molar-refractivity contribution is 0.401. The zero-order chi connectivity index (χ0) is 14.9. The molecule has 8 heteroatoms. The van der Waals surface area contributed by atoms with E-state index in [1.807, 2.05) is 5.40 Å². The monoisotopic (exact) mass is 348 g/mol. The molecule has 20 heavy (non-hydrogen) atoms. The van der Waals surface area contributed by atoms with Gasteiger partial charge in [0.1, 0.15) is 5.40 Å². The highest BCUT2D eigenvalue weighted by molar-refractivity contribution is 8.02. The van der Waals surface area contributed by atoms with Crippen LogP contribution in [0.25, 0.3) is 5.69 Å². The predicted molar refractivity (Wildman–Crippen MR) is 81.0 cm³/mol. The van der Waals surface area contributed by atoms with Crippen molar-refractivity contribution in [1.82, 2.24) is 4.57 Å². The van der Waals surface area contributed by atoms with Crippen LogP contribution in [-0.2, 0) is 5.75 Å². The molecule has 1 aromatic carbocycles. The van der Waals surface area contributed by atoms with Gasteiger partial charge in [-0.1, -0.05) is 34.8 Å². The number of aromatic hydroxyl groups is 2. The van der Waals surface area contributed by atoms with Crippen molar-refractivity contribution in [1.29, 1.82) is 5.26 Å². The molecule has 2 N–H and O–H groups in total. The van der Waals surface area contributed by atoms with Crippen LogP contribution >= 0.6 is 46.6 Å². The van der Waals surface area contributed by atoms with Gasteiger partial charge in [0.2, 0.25) is 5.88 Å². The minimum absolute atomic E-state index is 0.203. The number of hydrogen-bond donors (Lipinski definition) is 2. The van der Waals surface area contributed by atoms with Crippen molar-refractivity contribution in [3.8, 4) is 22.8 Å². The number of hydrogen-bond acceptors (Lipinski definition) is 4. The van der Waals surface area contributed by atoms with Gasteiger partial charge in [-0.05, 0) is 23.9 Å². The third kappa shape index (κ3) is 2.79. The molecule has 0 aliphatic carbocycles. The van der Waals surface area contributed by atoms with Crippen molar-refractivity contribution >= 4 is 46.6 Å². The Bertz CT molecular complexity index is 710. The number of benzene rings is 1. The Labute approximate surface area is 134 Å². The highest BCUT2D eigenvalue weighted by Gasteiger charge is 2.18. The van der Waals surface area contributed by atoms with Gasteiger partial charge in [0.05, 0.1) is 20.8 Å². The van der Waals surface area contributed by atoms with Gasteiger partial charge < -0.3 is 10.2 Å². The highest BCUT2D eigenvalue weighted by Crippen LogP contribution is 2.38. The molecule has 0 unspecified atom stereocenters. The number of aromatic nitrogens is 1. The average molecular weight is 350 g/mol. The quantitative estimate of drug-likeness (QED) is 0.629. The Morgan fingerprint density at radius 2 is 1.75 bits per heavy atom. The third-order valence-corrected chi connectivity index (χ3v) is 4.16. The fraction of sp³-hybridized carbons (Fsp3) is 0.0833. The molecule has 104 valence electrons. The van der Waals surface area contributed by atoms with Crippen LogP contribution in [-0.4, -0.2) is 14.8 Å². The molecule has 1 aromatic heterocycles. The van der Waals surface area contributed by atoms with Gasteiger partial charge in [-0.2, -0.15) is 5.26 Å². The second-order valence-electron chi connectivity index (χ2n) is 3.78. The third-order valence-electron chi connectivity index (χ3n) is 2.55. The van der Waals surface area contributed by atoms with Gasteiger partial charge in [0.15, 0.2) is 5.88 Å². The van der Waals surface area contributed by atoms with Crippen molar-refractivity contribution < 1.29 is 10.2 Å². The summed E-state index contributed by atoms with van der Waals surface area (Å²) in [6, 6.07) is 4.22. The first-order valence-electron chi connectivity index (χ1n) is 5.24. The first kappa shape index (κ1) is 15.2. The van der Waals surface area contributed by atoms with Crippen LogP contribution in [0.5, 0.6) is 11.8 Å². The summed E-state index contributed by atoms with van der Waals surface area (Å²) in [4.78, 5) is 0. The summed E-state index contributed by atoms with van der Waals surface area (Å²) in [5, 5.41) is 31.2. The van der Waals surface area contributed by atoms with E-state index < -0.39 is 0 Å². The molecule has 0 radical (unpaired) electrons. The first-order chi connectivity index (χ1) is 9.45. The molecular formula is C12H7Cl3N2O2S. The van der Waals surface area contributed by atoms with E-state index in [0.717, 1.165) is 16.3 Å². The van der Waals surface area contributed by atoms with Crippen LogP contribution < -0.4 is 0 Å². The van der Waals surface area contributed by atoms with Crippen molar-refractivity contribution in [3.05, 3.63) is 38.8 Å². The molecule has 1 heterocycles. The van der Waals surface area contributed by atoms with E-state index >= 15 is 0 Å². The second-order valence-corrected chi connectivity index (χ2v) is 5.77. The Hall–Kier alpha value is -1.19. The van der Waals surface area contributed by atoms with E-state index in [-0.39, 0.29) is 32.6 Å². The van der Waals surface area contributed by atoms with Gasteiger partial charge >= 0.3 is 0 Å². The Balaban J connectivity index is 2.56. The van der Waals surface area contributed by atoms with Crippen LogP contribution in [0.3, 0.4) is 0 Å². The minimum Gasteiger partial charge on any atom is -0.494 e. The van der Waals surface area contributed by atoms with Gasteiger partial charge in [-0.15, -0.1) is 0 Å². The molecule has 0 bridgehead atoms. The Morgan fingerprint density at radius 1 is 1.10 bits per heavy atom. The zero-order valence-corrected chi connectivity index (χ0v) is 12.9. The summed E-state index contributed by atoms with van der Waals surface area (Å²) in [5.41, 5.74) is 0.709. The number of nitrogens with zero attached hydrogens (tertiary/aromatic N) is 2. The van der Waals surface area contributed by atoms with Crippen LogP contribution in [0.4, 0.5) is 0 Å². The van der Waals surface area contributed by atoms with Gasteiger partial charge in [0.25, 0.3) is 0 Å². The molecule has 4 nitrogen and oxygen atoms in total. The maximum Gasteiger partial charge on any atom is 0.202 e. The smallest absolute Gasteiger partial charge is 0.202 e. The first-order valence-corrected chi connectivity index (χ1v) is 7.36.